The van der Waals surface area contributed by atoms with Crippen LogP contribution in [0.4, 0.5) is 0 Å². The third kappa shape index (κ3) is 3.45. The number of fused-ring (bicyclic) bond motifs is 4. The van der Waals surface area contributed by atoms with Crippen LogP contribution in [0.3, 0.4) is 0 Å². The Balaban J connectivity index is 1.36. The van der Waals surface area contributed by atoms with Gasteiger partial charge in [-0.3, -0.25) is 19.6 Å². The van der Waals surface area contributed by atoms with E-state index in [2.05, 4.69) is 26.1 Å². The number of amides is 1. The molecule has 0 spiro atoms. The van der Waals surface area contributed by atoms with E-state index in [1.807, 2.05) is 15.5 Å². The van der Waals surface area contributed by atoms with Gasteiger partial charge in [0.05, 0.1) is 6.61 Å². The molecule has 2 saturated heterocycles. The fraction of sp³-hybridized carbons (Fsp3) is 0.619. The number of methoxy groups -OCH3 is 1. The molecule has 2 bridgehead atoms. The van der Waals surface area contributed by atoms with E-state index in [1.165, 1.54) is 6.33 Å². The second kappa shape index (κ2) is 7.96. The third-order valence-electron chi connectivity index (χ3n) is 6.82. The summed E-state index contributed by atoms with van der Waals surface area (Å²) in [6, 6.07) is 4.49. The van der Waals surface area contributed by atoms with Crippen LogP contribution in [-0.4, -0.2) is 74.8 Å². The smallest absolute Gasteiger partial charge is 0.291 e. The molecule has 0 aliphatic carbocycles. The van der Waals surface area contributed by atoms with Gasteiger partial charge >= 0.3 is 0 Å². The quantitative estimate of drug-likeness (QED) is 0.782. The van der Waals surface area contributed by atoms with Gasteiger partial charge in [-0.2, -0.15) is 5.10 Å². The van der Waals surface area contributed by atoms with E-state index in [-0.39, 0.29) is 29.1 Å². The molecular formula is C21H28N6O3. The Hall–Kier alpha value is -2.52. The molecule has 30 heavy (non-hydrogen) atoms. The van der Waals surface area contributed by atoms with Crippen LogP contribution in [0.1, 0.15) is 47.1 Å². The number of carbonyl (C=O) groups excluding carboxylic acids is 1. The minimum atomic E-state index is -0.118. The lowest BCUT2D eigenvalue weighted by Gasteiger charge is -2.42. The number of ether oxygens (including phenoxy) is 1. The van der Waals surface area contributed by atoms with Gasteiger partial charge in [-0.05, 0) is 37.8 Å². The maximum absolute atomic E-state index is 13.3. The van der Waals surface area contributed by atoms with E-state index < -0.39 is 0 Å². The molecule has 3 aliphatic heterocycles. The van der Waals surface area contributed by atoms with Gasteiger partial charge in [-0.15, -0.1) is 0 Å². The number of nitrogens with zero attached hydrogens (tertiary/aromatic N) is 5. The van der Waals surface area contributed by atoms with Crippen molar-refractivity contribution in [2.45, 2.75) is 44.3 Å². The van der Waals surface area contributed by atoms with Crippen molar-refractivity contribution in [1.82, 2.24) is 29.5 Å². The lowest BCUT2D eigenvalue weighted by atomic mass is 9.83. The highest BCUT2D eigenvalue weighted by atomic mass is 16.5. The Morgan fingerprint density at radius 2 is 2.20 bits per heavy atom. The highest BCUT2D eigenvalue weighted by Gasteiger charge is 2.37. The predicted molar refractivity (Wildman–Crippen MR) is 109 cm³/mol. The molecule has 5 rings (SSSR count). The van der Waals surface area contributed by atoms with Crippen molar-refractivity contribution in [2.75, 3.05) is 33.4 Å². The first-order valence-corrected chi connectivity index (χ1v) is 10.7. The number of pyridine rings is 1. The molecule has 0 unspecified atom stereocenters. The molecule has 2 aromatic rings. The molecule has 1 amide bonds. The fourth-order valence-electron chi connectivity index (χ4n) is 5.44. The highest BCUT2D eigenvalue weighted by molar-refractivity contribution is 5.90. The van der Waals surface area contributed by atoms with E-state index in [1.54, 1.807) is 7.11 Å². The average molecular weight is 412 g/mol. The van der Waals surface area contributed by atoms with Crippen LogP contribution in [0.2, 0.25) is 0 Å². The number of piperidine rings is 1. The predicted octanol–water partition coefficient (Wildman–Crippen LogP) is 0.837. The van der Waals surface area contributed by atoms with Crippen LogP contribution in [-0.2, 0) is 17.8 Å². The number of aromatic nitrogens is 4. The zero-order chi connectivity index (χ0) is 20.7. The Morgan fingerprint density at radius 1 is 1.30 bits per heavy atom. The first kappa shape index (κ1) is 19.4. The lowest BCUT2D eigenvalue weighted by Crippen LogP contribution is -2.49. The lowest BCUT2D eigenvalue weighted by molar-refractivity contribution is 0.0582. The topological polar surface area (TPSA) is 96.3 Å². The normalized spacial score (nSPS) is 26.0. The number of carbonyl (C=O) groups is 1. The van der Waals surface area contributed by atoms with Gasteiger partial charge in [0.2, 0.25) is 5.82 Å². The van der Waals surface area contributed by atoms with Crippen LogP contribution < -0.4 is 5.56 Å². The van der Waals surface area contributed by atoms with E-state index in [9.17, 15) is 9.59 Å². The summed E-state index contributed by atoms with van der Waals surface area (Å²) in [5.74, 6) is 0.620. The van der Waals surface area contributed by atoms with E-state index in [4.69, 9.17) is 4.74 Å². The van der Waals surface area contributed by atoms with Crippen molar-refractivity contribution < 1.29 is 9.53 Å². The Morgan fingerprint density at radius 3 is 3.00 bits per heavy atom. The van der Waals surface area contributed by atoms with E-state index in [0.717, 1.165) is 37.1 Å². The molecule has 3 atom stereocenters. The molecule has 160 valence electrons. The first-order chi connectivity index (χ1) is 14.6. The van der Waals surface area contributed by atoms with Crippen molar-refractivity contribution in [1.29, 1.82) is 0 Å². The Kier molecular flexibility index (Phi) is 5.16. The number of aromatic amines is 1. The highest BCUT2D eigenvalue weighted by Crippen LogP contribution is 2.35. The zero-order valence-corrected chi connectivity index (χ0v) is 17.3. The molecule has 0 aromatic carbocycles. The molecule has 9 heteroatoms. The monoisotopic (exact) mass is 412 g/mol. The molecule has 1 N–H and O–H groups in total. The number of hydrogen-bond donors (Lipinski definition) is 1. The summed E-state index contributed by atoms with van der Waals surface area (Å²) in [4.78, 5) is 34.2. The van der Waals surface area contributed by atoms with Crippen molar-refractivity contribution in [2.24, 2.45) is 5.92 Å². The van der Waals surface area contributed by atoms with E-state index >= 15 is 0 Å². The largest absolute Gasteiger partial charge is 0.383 e. The minimum Gasteiger partial charge on any atom is -0.383 e. The molecule has 0 radical (unpaired) electrons. The van der Waals surface area contributed by atoms with Gasteiger partial charge in [0.25, 0.3) is 11.5 Å². The summed E-state index contributed by atoms with van der Waals surface area (Å²) >= 11 is 0. The summed E-state index contributed by atoms with van der Waals surface area (Å²) in [6.45, 7) is 4.33. The Bertz CT molecular complexity index is 972. The van der Waals surface area contributed by atoms with Crippen LogP contribution in [0, 0.1) is 5.92 Å². The second-order valence-electron chi connectivity index (χ2n) is 8.76. The minimum absolute atomic E-state index is 0.118. The fourth-order valence-corrected chi connectivity index (χ4v) is 5.44. The van der Waals surface area contributed by atoms with Gasteiger partial charge in [-0.1, -0.05) is 6.07 Å². The van der Waals surface area contributed by atoms with Crippen molar-refractivity contribution >= 4 is 5.91 Å². The number of nitrogens with one attached hydrogen (secondary N) is 1. The van der Waals surface area contributed by atoms with Crippen molar-refractivity contribution in [3.8, 4) is 0 Å². The van der Waals surface area contributed by atoms with Crippen LogP contribution in [0.15, 0.2) is 23.3 Å². The maximum Gasteiger partial charge on any atom is 0.291 e. The van der Waals surface area contributed by atoms with Gasteiger partial charge in [0.1, 0.15) is 6.33 Å². The van der Waals surface area contributed by atoms with Gasteiger partial charge in [0.15, 0.2) is 0 Å². The molecule has 2 aromatic heterocycles. The van der Waals surface area contributed by atoms with Gasteiger partial charge < -0.3 is 14.2 Å². The summed E-state index contributed by atoms with van der Waals surface area (Å²) in [5.41, 5.74) is 2.03. The second-order valence-corrected chi connectivity index (χ2v) is 8.76. The molecule has 9 nitrogen and oxygen atoms in total. The van der Waals surface area contributed by atoms with Crippen molar-refractivity contribution in [3.63, 3.8) is 0 Å². The Labute approximate surface area is 175 Å². The van der Waals surface area contributed by atoms with Crippen LogP contribution in [0.5, 0.6) is 0 Å². The summed E-state index contributed by atoms with van der Waals surface area (Å²) in [5, 5.41) is 6.45. The molecule has 5 heterocycles. The average Bonchev–Trinajstić information content (AvgIpc) is 3.43. The number of likely N-dealkylation sites (tertiary alicyclic amines) is 2. The third-order valence-corrected chi connectivity index (χ3v) is 6.82. The summed E-state index contributed by atoms with van der Waals surface area (Å²) in [6.07, 6.45) is 4.64. The molecule has 3 aliphatic rings. The molecule has 2 fully saturated rings. The summed E-state index contributed by atoms with van der Waals surface area (Å²) < 4.78 is 7.32. The SMILES string of the molecule is COC[C@@H]1CCCN1Cc1ccc2n(c1=O)C[C@H]1C[C@@H]2CN(C(=O)c2ncn[nH]2)C1. The maximum atomic E-state index is 13.3. The van der Waals surface area contributed by atoms with Crippen LogP contribution >= 0.6 is 0 Å². The molecule has 0 saturated carbocycles. The number of H-pyrrole nitrogens is 1. The first-order valence-electron chi connectivity index (χ1n) is 10.7. The van der Waals surface area contributed by atoms with Crippen LogP contribution in [0.25, 0.3) is 0 Å². The van der Waals surface area contributed by atoms with E-state index in [0.29, 0.717) is 38.8 Å². The number of hydrogen-bond acceptors (Lipinski definition) is 6. The number of rotatable bonds is 5. The molecular weight excluding hydrogens is 384 g/mol. The zero-order valence-electron chi connectivity index (χ0n) is 17.3. The van der Waals surface area contributed by atoms with Crippen molar-refractivity contribution in [3.05, 3.63) is 45.9 Å². The van der Waals surface area contributed by atoms with Gasteiger partial charge in [-0.25, -0.2) is 4.98 Å². The summed E-state index contributed by atoms with van der Waals surface area (Å²) in [7, 11) is 1.74. The standard InChI is InChI=1S/C21H28N6O3/c1-30-12-17-3-2-6-25(17)10-15-4-5-18-16-7-14(9-27(18)20(15)28)8-26(11-16)21(29)19-22-13-23-24-19/h4-5,13-14,16-17H,2-3,6-12H2,1H3,(H,22,23,24)/t14-,16+,17-/m0/s1. The van der Waals surface area contributed by atoms with Gasteiger partial charge in [0, 0.05) is 56.5 Å².